The first kappa shape index (κ1) is 7.30. The summed E-state index contributed by atoms with van der Waals surface area (Å²) in [6, 6.07) is 0.890. The van der Waals surface area contributed by atoms with E-state index in [1.165, 1.54) is 26.2 Å². The lowest BCUT2D eigenvalue weighted by Gasteiger charge is -2.28. The third kappa shape index (κ3) is 1.00. The summed E-state index contributed by atoms with van der Waals surface area (Å²) >= 11 is 0. The number of fused-ring (bicyclic) bond motifs is 1. The molecule has 3 fully saturated rings. The monoisotopic (exact) mass is 168 g/mol. The summed E-state index contributed by atoms with van der Waals surface area (Å²) in [5, 5.41) is 3.39. The maximum absolute atomic E-state index is 5.39. The summed E-state index contributed by atoms with van der Waals surface area (Å²) in [7, 11) is 0. The van der Waals surface area contributed by atoms with E-state index in [-0.39, 0.29) is 0 Å². The van der Waals surface area contributed by atoms with Crippen molar-refractivity contribution in [1.29, 1.82) is 0 Å². The maximum atomic E-state index is 5.39. The molecule has 2 aliphatic heterocycles. The minimum atomic E-state index is 0.890. The first-order chi connectivity index (χ1) is 5.97. The molecule has 0 aromatic rings. The molecule has 1 aliphatic carbocycles. The Kier molecular flexibility index (Phi) is 1.63. The summed E-state index contributed by atoms with van der Waals surface area (Å²) in [6.07, 6.45) is 0. The van der Waals surface area contributed by atoms with Crippen molar-refractivity contribution in [2.24, 2.45) is 11.8 Å². The fourth-order valence-corrected chi connectivity index (χ4v) is 2.73. The van der Waals surface area contributed by atoms with Gasteiger partial charge in [-0.1, -0.05) is 0 Å². The van der Waals surface area contributed by atoms with Crippen molar-refractivity contribution >= 4 is 0 Å². The number of nitrogens with one attached hydrogen (secondary N) is 1. The van der Waals surface area contributed by atoms with Gasteiger partial charge in [0, 0.05) is 44.1 Å². The molecular weight excluding hydrogens is 152 g/mol. The first-order valence-electron chi connectivity index (χ1n) is 4.99. The van der Waals surface area contributed by atoms with Gasteiger partial charge in [0.15, 0.2) is 0 Å². The minimum Gasteiger partial charge on any atom is -0.381 e. The SMILES string of the molecule is C1CN(C2C3COCC32)CCN1. The summed E-state index contributed by atoms with van der Waals surface area (Å²) in [4.78, 5) is 2.65. The van der Waals surface area contributed by atoms with Gasteiger partial charge in [-0.2, -0.15) is 0 Å². The van der Waals surface area contributed by atoms with Crippen LogP contribution in [0.3, 0.4) is 0 Å². The highest BCUT2D eigenvalue weighted by Gasteiger charge is 2.56. The number of hydrogen-bond donors (Lipinski definition) is 1. The molecule has 3 rings (SSSR count). The van der Waals surface area contributed by atoms with Gasteiger partial charge in [-0.15, -0.1) is 0 Å². The van der Waals surface area contributed by atoms with Crippen LogP contribution in [0, 0.1) is 11.8 Å². The lowest BCUT2D eigenvalue weighted by Crippen LogP contribution is -2.46. The lowest BCUT2D eigenvalue weighted by molar-refractivity contribution is 0.116. The summed E-state index contributed by atoms with van der Waals surface area (Å²) < 4.78 is 5.39. The molecule has 68 valence electrons. The van der Waals surface area contributed by atoms with Gasteiger partial charge in [0.05, 0.1) is 13.2 Å². The molecule has 2 saturated heterocycles. The van der Waals surface area contributed by atoms with Gasteiger partial charge in [0.1, 0.15) is 0 Å². The summed E-state index contributed by atoms with van der Waals surface area (Å²) in [5.41, 5.74) is 0. The van der Waals surface area contributed by atoms with Crippen LogP contribution >= 0.6 is 0 Å². The summed E-state index contributed by atoms with van der Waals surface area (Å²) in [5.74, 6) is 1.78. The smallest absolute Gasteiger partial charge is 0.0513 e. The average Bonchev–Trinajstić information content (AvgIpc) is 2.62. The normalized spacial score (nSPS) is 47.5. The van der Waals surface area contributed by atoms with Crippen molar-refractivity contribution in [1.82, 2.24) is 10.2 Å². The molecule has 12 heavy (non-hydrogen) atoms. The Balaban J connectivity index is 1.60. The number of rotatable bonds is 1. The van der Waals surface area contributed by atoms with Crippen LogP contribution in [0.1, 0.15) is 0 Å². The van der Waals surface area contributed by atoms with Gasteiger partial charge in [-0.25, -0.2) is 0 Å². The maximum Gasteiger partial charge on any atom is 0.0513 e. The third-order valence-corrected chi connectivity index (χ3v) is 3.48. The van der Waals surface area contributed by atoms with Crippen LogP contribution in [0.4, 0.5) is 0 Å². The molecule has 1 N–H and O–H groups in total. The van der Waals surface area contributed by atoms with Gasteiger partial charge in [-0.3, -0.25) is 4.90 Å². The fourth-order valence-electron chi connectivity index (χ4n) is 2.73. The zero-order valence-electron chi connectivity index (χ0n) is 7.33. The Hall–Kier alpha value is -0.120. The van der Waals surface area contributed by atoms with Crippen LogP contribution in [-0.4, -0.2) is 50.3 Å². The van der Waals surface area contributed by atoms with Crippen LogP contribution in [0.25, 0.3) is 0 Å². The van der Waals surface area contributed by atoms with Gasteiger partial charge in [-0.05, 0) is 0 Å². The second-order valence-electron chi connectivity index (χ2n) is 4.14. The molecule has 0 aromatic heterocycles. The molecule has 3 heteroatoms. The standard InChI is InChI=1S/C9H16N2O/c1-3-11(4-2-10-1)9-7-5-12-6-8(7)9/h7-10H,1-6H2. The van der Waals surface area contributed by atoms with Crippen molar-refractivity contribution < 1.29 is 4.74 Å². The molecule has 3 nitrogen and oxygen atoms in total. The molecular formula is C9H16N2O. The van der Waals surface area contributed by atoms with E-state index in [4.69, 9.17) is 4.74 Å². The second kappa shape index (κ2) is 2.69. The number of hydrogen-bond acceptors (Lipinski definition) is 3. The van der Waals surface area contributed by atoms with Gasteiger partial charge < -0.3 is 10.1 Å². The minimum absolute atomic E-state index is 0.890. The molecule has 2 heterocycles. The topological polar surface area (TPSA) is 24.5 Å². The highest BCUT2D eigenvalue weighted by molar-refractivity contribution is 5.07. The Morgan fingerprint density at radius 1 is 1.08 bits per heavy atom. The zero-order valence-corrected chi connectivity index (χ0v) is 7.33. The molecule has 0 spiro atoms. The predicted molar refractivity (Wildman–Crippen MR) is 46.0 cm³/mol. The van der Waals surface area contributed by atoms with E-state index in [0.29, 0.717) is 0 Å². The third-order valence-electron chi connectivity index (χ3n) is 3.48. The molecule has 2 unspecified atom stereocenters. The van der Waals surface area contributed by atoms with E-state index >= 15 is 0 Å². The van der Waals surface area contributed by atoms with E-state index in [0.717, 1.165) is 31.1 Å². The van der Waals surface area contributed by atoms with Gasteiger partial charge in [0.25, 0.3) is 0 Å². The zero-order chi connectivity index (χ0) is 7.97. The van der Waals surface area contributed by atoms with Crippen LogP contribution in [0.15, 0.2) is 0 Å². The van der Waals surface area contributed by atoms with Gasteiger partial charge >= 0.3 is 0 Å². The highest BCUT2D eigenvalue weighted by atomic mass is 16.5. The molecule has 2 atom stereocenters. The van der Waals surface area contributed by atoms with Crippen molar-refractivity contribution in [3.63, 3.8) is 0 Å². The van der Waals surface area contributed by atoms with Crippen LogP contribution in [0.2, 0.25) is 0 Å². The fraction of sp³-hybridized carbons (Fsp3) is 1.00. The van der Waals surface area contributed by atoms with E-state index in [9.17, 15) is 0 Å². The molecule has 3 aliphatic rings. The molecule has 0 radical (unpaired) electrons. The Bertz CT molecular complexity index is 169. The quantitative estimate of drug-likeness (QED) is 0.573. The predicted octanol–water partition coefficient (Wildman–Crippen LogP) is -0.464. The number of ether oxygens (including phenoxy) is 1. The van der Waals surface area contributed by atoms with Crippen LogP contribution < -0.4 is 5.32 Å². The van der Waals surface area contributed by atoms with Crippen molar-refractivity contribution in [3.05, 3.63) is 0 Å². The van der Waals surface area contributed by atoms with Crippen molar-refractivity contribution in [2.75, 3.05) is 39.4 Å². The average molecular weight is 168 g/mol. The van der Waals surface area contributed by atoms with E-state index < -0.39 is 0 Å². The van der Waals surface area contributed by atoms with Crippen LogP contribution in [0.5, 0.6) is 0 Å². The largest absolute Gasteiger partial charge is 0.381 e. The van der Waals surface area contributed by atoms with E-state index in [2.05, 4.69) is 10.2 Å². The Morgan fingerprint density at radius 3 is 2.42 bits per heavy atom. The molecule has 0 bridgehead atoms. The summed E-state index contributed by atoms with van der Waals surface area (Å²) in [6.45, 7) is 6.90. The number of nitrogens with zero attached hydrogens (tertiary/aromatic N) is 1. The van der Waals surface area contributed by atoms with E-state index in [1.54, 1.807) is 0 Å². The molecule has 0 amide bonds. The highest BCUT2D eigenvalue weighted by Crippen LogP contribution is 2.47. The molecule has 0 aromatic carbocycles. The van der Waals surface area contributed by atoms with Crippen molar-refractivity contribution in [2.45, 2.75) is 6.04 Å². The Morgan fingerprint density at radius 2 is 1.75 bits per heavy atom. The lowest BCUT2D eigenvalue weighted by atomic mass is 10.3. The molecule has 1 saturated carbocycles. The van der Waals surface area contributed by atoms with Crippen molar-refractivity contribution in [3.8, 4) is 0 Å². The van der Waals surface area contributed by atoms with Crippen LogP contribution in [-0.2, 0) is 4.74 Å². The Labute approximate surface area is 73.1 Å². The van der Waals surface area contributed by atoms with E-state index in [1.807, 2.05) is 0 Å². The first-order valence-corrected chi connectivity index (χ1v) is 4.99. The number of piperazine rings is 1. The second-order valence-corrected chi connectivity index (χ2v) is 4.14. The van der Waals surface area contributed by atoms with Gasteiger partial charge in [0.2, 0.25) is 0 Å².